The summed E-state index contributed by atoms with van der Waals surface area (Å²) in [4.78, 5) is 0. The number of aryl methyl sites for hydroxylation is 2. The van der Waals surface area contributed by atoms with Gasteiger partial charge in [0.25, 0.3) is 0 Å². The van der Waals surface area contributed by atoms with E-state index in [0.717, 1.165) is 30.4 Å². The van der Waals surface area contributed by atoms with Crippen LogP contribution in [0.4, 0.5) is 0 Å². The second-order valence-corrected chi connectivity index (χ2v) is 4.59. The van der Waals surface area contributed by atoms with Gasteiger partial charge in [-0.05, 0) is 33.3 Å². The number of alkyl halides is 1. The van der Waals surface area contributed by atoms with Gasteiger partial charge in [0.2, 0.25) is 0 Å². The first kappa shape index (κ1) is 12.5. The zero-order chi connectivity index (χ0) is 11.3. The van der Waals surface area contributed by atoms with Gasteiger partial charge >= 0.3 is 0 Å². The number of allylic oxidation sites excluding steroid dienone is 2. The second-order valence-electron chi connectivity index (χ2n) is 3.80. The molecule has 3 heteroatoms. The molecular formula is C12H19BrN2. The minimum atomic E-state index is 0.953. The summed E-state index contributed by atoms with van der Waals surface area (Å²) in [6.45, 7) is 7.32. The molecule has 0 aliphatic carbocycles. The maximum atomic E-state index is 4.44. The summed E-state index contributed by atoms with van der Waals surface area (Å²) in [6.07, 6.45) is 4.41. The summed E-state index contributed by atoms with van der Waals surface area (Å²) in [7, 11) is 0. The van der Waals surface area contributed by atoms with Crippen molar-refractivity contribution in [2.24, 2.45) is 0 Å². The van der Waals surface area contributed by atoms with Gasteiger partial charge in [0, 0.05) is 24.0 Å². The molecule has 2 nitrogen and oxygen atoms in total. The molecule has 84 valence electrons. The molecule has 0 unspecified atom stereocenters. The molecule has 0 saturated carbocycles. The van der Waals surface area contributed by atoms with E-state index < -0.39 is 0 Å². The van der Waals surface area contributed by atoms with Gasteiger partial charge in [0.05, 0.1) is 5.69 Å². The summed E-state index contributed by atoms with van der Waals surface area (Å²) < 4.78 is 2.08. The Morgan fingerprint density at radius 1 is 1.60 bits per heavy atom. The predicted molar refractivity (Wildman–Crippen MR) is 68.5 cm³/mol. The topological polar surface area (TPSA) is 17.8 Å². The number of hydrogen-bond acceptors (Lipinski definition) is 1. The summed E-state index contributed by atoms with van der Waals surface area (Å²) in [5.74, 6) is 0. The van der Waals surface area contributed by atoms with E-state index in [1.54, 1.807) is 0 Å². The molecule has 0 radical (unpaired) electrons. The Labute approximate surface area is 101 Å². The Balaban J connectivity index is 2.70. The molecule has 1 aromatic heterocycles. The number of rotatable bonds is 5. The molecular weight excluding hydrogens is 252 g/mol. The number of aromatic nitrogens is 2. The fourth-order valence-electron chi connectivity index (χ4n) is 1.67. The highest BCUT2D eigenvalue weighted by Gasteiger charge is 2.03. The van der Waals surface area contributed by atoms with Gasteiger partial charge in [-0.1, -0.05) is 27.6 Å². The van der Waals surface area contributed by atoms with Crippen LogP contribution in [-0.4, -0.2) is 15.1 Å². The van der Waals surface area contributed by atoms with Crippen LogP contribution in [0.3, 0.4) is 0 Å². The van der Waals surface area contributed by atoms with Crippen LogP contribution in [0.2, 0.25) is 0 Å². The Morgan fingerprint density at radius 2 is 2.33 bits per heavy atom. The Bertz CT molecular complexity index is 339. The van der Waals surface area contributed by atoms with E-state index in [1.165, 1.54) is 11.3 Å². The lowest BCUT2D eigenvalue weighted by molar-refractivity contribution is 0.623. The first-order valence-electron chi connectivity index (χ1n) is 5.42. The van der Waals surface area contributed by atoms with Crippen LogP contribution in [0.5, 0.6) is 0 Å². The lowest BCUT2D eigenvalue weighted by Crippen LogP contribution is -2.03. The molecule has 0 spiro atoms. The molecule has 0 fully saturated rings. The quantitative estimate of drug-likeness (QED) is 0.592. The molecule has 0 saturated heterocycles. The standard InChI is InChI=1S/C12H19BrN2/c1-4-15-12(9-11(3)14-15)8-10(2)6-5-7-13/h6,9H,4-5,7-8H2,1-3H3. The third-order valence-corrected chi connectivity index (χ3v) is 2.80. The van der Waals surface area contributed by atoms with Crippen molar-refractivity contribution in [3.8, 4) is 0 Å². The highest BCUT2D eigenvalue weighted by Crippen LogP contribution is 2.10. The summed E-state index contributed by atoms with van der Waals surface area (Å²) in [5, 5.41) is 5.48. The summed E-state index contributed by atoms with van der Waals surface area (Å²) in [6, 6.07) is 2.18. The molecule has 0 atom stereocenters. The summed E-state index contributed by atoms with van der Waals surface area (Å²) >= 11 is 3.43. The van der Waals surface area contributed by atoms with Gasteiger partial charge in [-0.3, -0.25) is 4.68 Å². The summed E-state index contributed by atoms with van der Waals surface area (Å²) in [5.41, 5.74) is 3.85. The van der Waals surface area contributed by atoms with Crippen molar-refractivity contribution in [2.45, 2.75) is 40.2 Å². The first-order chi connectivity index (χ1) is 7.17. The third-order valence-electron chi connectivity index (χ3n) is 2.35. The molecule has 0 amide bonds. The predicted octanol–water partition coefficient (Wildman–Crippen LogP) is 3.49. The fourth-order valence-corrected chi connectivity index (χ4v) is 1.90. The smallest absolute Gasteiger partial charge is 0.0596 e. The van der Waals surface area contributed by atoms with Crippen molar-refractivity contribution in [1.29, 1.82) is 0 Å². The number of hydrogen-bond donors (Lipinski definition) is 0. The molecule has 0 aliphatic heterocycles. The van der Waals surface area contributed by atoms with Gasteiger partial charge in [0.1, 0.15) is 0 Å². The van der Waals surface area contributed by atoms with Gasteiger partial charge < -0.3 is 0 Å². The van der Waals surface area contributed by atoms with Crippen molar-refractivity contribution >= 4 is 15.9 Å². The van der Waals surface area contributed by atoms with Crippen molar-refractivity contribution < 1.29 is 0 Å². The average Bonchev–Trinajstić information content (AvgIpc) is 2.55. The molecule has 0 bridgehead atoms. The van der Waals surface area contributed by atoms with Gasteiger partial charge in [0.15, 0.2) is 0 Å². The molecule has 15 heavy (non-hydrogen) atoms. The number of halogens is 1. The van der Waals surface area contributed by atoms with Crippen molar-refractivity contribution in [3.05, 3.63) is 29.1 Å². The van der Waals surface area contributed by atoms with Gasteiger partial charge in [-0.25, -0.2) is 0 Å². The molecule has 1 heterocycles. The Hall–Kier alpha value is -0.570. The Kier molecular flexibility index (Phi) is 5.09. The van der Waals surface area contributed by atoms with E-state index in [1.807, 2.05) is 6.92 Å². The second kappa shape index (κ2) is 6.11. The van der Waals surface area contributed by atoms with Crippen LogP contribution in [0.15, 0.2) is 17.7 Å². The van der Waals surface area contributed by atoms with Crippen LogP contribution < -0.4 is 0 Å². The highest BCUT2D eigenvalue weighted by atomic mass is 79.9. The zero-order valence-electron chi connectivity index (χ0n) is 9.76. The molecule has 0 aromatic carbocycles. The molecule has 1 rings (SSSR count). The lowest BCUT2D eigenvalue weighted by atomic mass is 10.1. The molecule has 0 aliphatic rings. The largest absolute Gasteiger partial charge is 0.269 e. The van der Waals surface area contributed by atoms with Gasteiger partial charge in [-0.2, -0.15) is 5.10 Å². The molecule has 0 N–H and O–H groups in total. The van der Waals surface area contributed by atoms with Crippen molar-refractivity contribution in [1.82, 2.24) is 9.78 Å². The van der Waals surface area contributed by atoms with Crippen LogP contribution in [-0.2, 0) is 13.0 Å². The van der Waals surface area contributed by atoms with Crippen LogP contribution in [0, 0.1) is 6.92 Å². The van der Waals surface area contributed by atoms with Gasteiger partial charge in [-0.15, -0.1) is 0 Å². The van der Waals surface area contributed by atoms with E-state index in [-0.39, 0.29) is 0 Å². The minimum Gasteiger partial charge on any atom is -0.269 e. The fraction of sp³-hybridized carbons (Fsp3) is 0.583. The minimum absolute atomic E-state index is 0.953. The van der Waals surface area contributed by atoms with Crippen molar-refractivity contribution in [3.63, 3.8) is 0 Å². The maximum absolute atomic E-state index is 4.44. The maximum Gasteiger partial charge on any atom is 0.0596 e. The first-order valence-corrected chi connectivity index (χ1v) is 6.54. The number of nitrogens with zero attached hydrogens (tertiary/aromatic N) is 2. The average molecular weight is 271 g/mol. The SMILES string of the molecule is CCn1nc(C)cc1CC(C)=CCCBr. The van der Waals surface area contributed by atoms with E-state index in [9.17, 15) is 0 Å². The van der Waals surface area contributed by atoms with Crippen LogP contribution >= 0.6 is 15.9 Å². The highest BCUT2D eigenvalue weighted by molar-refractivity contribution is 9.09. The van der Waals surface area contributed by atoms with Crippen LogP contribution in [0.1, 0.15) is 31.7 Å². The van der Waals surface area contributed by atoms with E-state index in [0.29, 0.717) is 0 Å². The Morgan fingerprint density at radius 3 is 2.93 bits per heavy atom. The zero-order valence-corrected chi connectivity index (χ0v) is 11.3. The van der Waals surface area contributed by atoms with E-state index in [4.69, 9.17) is 0 Å². The normalized spacial score (nSPS) is 12.1. The van der Waals surface area contributed by atoms with E-state index >= 15 is 0 Å². The molecule has 1 aromatic rings. The monoisotopic (exact) mass is 270 g/mol. The van der Waals surface area contributed by atoms with E-state index in [2.05, 4.69) is 51.7 Å². The lowest BCUT2D eigenvalue weighted by Gasteiger charge is -2.04. The van der Waals surface area contributed by atoms with Crippen LogP contribution in [0.25, 0.3) is 0 Å². The third kappa shape index (κ3) is 3.82. The van der Waals surface area contributed by atoms with Crippen molar-refractivity contribution in [2.75, 3.05) is 5.33 Å².